The lowest BCUT2D eigenvalue weighted by Gasteiger charge is -2.10. The van der Waals surface area contributed by atoms with Gasteiger partial charge in [-0.3, -0.25) is 0 Å². The summed E-state index contributed by atoms with van der Waals surface area (Å²) in [5.41, 5.74) is 2.19. The molecule has 0 aliphatic rings. The molecule has 0 amide bonds. The van der Waals surface area contributed by atoms with E-state index >= 15 is 0 Å². The van der Waals surface area contributed by atoms with Crippen molar-refractivity contribution in [2.45, 2.75) is 27.0 Å². The van der Waals surface area contributed by atoms with Gasteiger partial charge in [0, 0.05) is 17.3 Å². The van der Waals surface area contributed by atoms with Gasteiger partial charge >= 0.3 is 6.61 Å². The number of halogens is 3. The average Bonchev–Trinajstić information content (AvgIpc) is 3.06. The lowest BCUT2D eigenvalue weighted by atomic mass is 10.1. The van der Waals surface area contributed by atoms with Gasteiger partial charge in [-0.1, -0.05) is 23.4 Å². The quantitative estimate of drug-likeness (QED) is 0.687. The van der Waals surface area contributed by atoms with Gasteiger partial charge < -0.3 is 14.6 Å². The first-order valence-electron chi connectivity index (χ1n) is 7.81. The summed E-state index contributed by atoms with van der Waals surface area (Å²) in [6.45, 7) is 0.626. The average molecular weight is 363 g/mol. The number of alkyl halides is 2. The SMILES string of the molecule is Cc1ccc(-c2noc(CNc3ccc(C)c(OC(F)F)c3)n2)cc1F. The van der Waals surface area contributed by atoms with Gasteiger partial charge in [-0.05, 0) is 37.1 Å². The standard InChI is InChI=1S/C18H16F3N3O2/c1-10-3-5-12(7-14(10)19)17-23-16(26-24-17)9-22-13-6-4-11(2)15(8-13)25-18(20)21/h3-8,18,22H,9H2,1-2H3. The van der Waals surface area contributed by atoms with Gasteiger partial charge in [-0.25, -0.2) is 4.39 Å². The second kappa shape index (κ2) is 7.47. The lowest BCUT2D eigenvalue weighted by Crippen LogP contribution is -2.05. The largest absolute Gasteiger partial charge is 0.434 e. The van der Waals surface area contributed by atoms with E-state index in [2.05, 4.69) is 20.2 Å². The Hall–Kier alpha value is -3.03. The van der Waals surface area contributed by atoms with Gasteiger partial charge in [-0.15, -0.1) is 0 Å². The first-order valence-corrected chi connectivity index (χ1v) is 7.81. The van der Waals surface area contributed by atoms with Gasteiger partial charge in [0.2, 0.25) is 11.7 Å². The van der Waals surface area contributed by atoms with Gasteiger partial charge in [-0.2, -0.15) is 13.8 Å². The molecule has 0 bridgehead atoms. The zero-order valence-electron chi connectivity index (χ0n) is 14.1. The summed E-state index contributed by atoms with van der Waals surface area (Å²) in [4.78, 5) is 4.20. The van der Waals surface area contributed by atoms with Crippen LogP contribution in [0.15, 0.2) is 40.9 Å². The van der Waals surface area contributed by atoms with Crippen LogP contribution in [0.25, 0.3) is 11.4 Å². The fourth-order valence-electron chi connectivity index (χ4n) is 2.29. The Bertz CT molecular complexity index is 912. The van der Waals surface area contributed by atoms with Crippen molar-refractivity contribution < 1.29 is 22.4 Å². The number of nitrogens with zero attached hydrogens (tertiary/aromatic N) is 2. The molecule has 1 aromatic heterocycles. The van der Waals surface area contributed by atoms with Crippen LogP contribution < -0.4 is 10.1 Å². The maximum atomic E-state index is 13.6. The Kier molecular flexibility index (Phi) is 5.11. The summed E-state index contributed by atoms with van der Waals surface area (Å²) >= 11 is 0. The van der Waals surface area contributed by atoms with Crippen LogP contribution in [0.3, 0.4) is 0 Å². The molecule has 0 radical (unpaired) electrons. The number of anilines is 1. The van der Waals surface area contributed by atoms with Crippen LogP contribution in [0.4, 0.5) is 18.9 Å². The predicted molar refractivity (Wildman–Crippen MR) is 89.6 cm³/mol. The smallest absolute Gasteiger partial charge is 0.387 e. The minimum Gasteiger partial charge on any atom is -0.434 e. The van der Waals surface area contributed by atoms with Crippen molar-refractivity contribution in [2.75, 3.05) is 5.32 Å². The first kappa shape index (κ1) is 17.8. The van der Waals surface area contributed by atoms with Gasteiger partial charge in [0.15, 0.2) is 0 Å². The van der Waals surface area contributed by atoms with Crippen LogP contribution >= 0.6 is 0 Å². The summed E-state index contributed by atoms with van der Waals surface area (Å²) in [6, 6.07) is 9.53. The fraction of sp³-hybridized carbons (Fsp3) is 0.222. The topological polar surface area (TPSA) is 60.2 Å². The molecule has 0 saturated heterocycles. The number of benzene rings is 2. The molecule has 0 atom stereocenters. The number of ether oxygens (including phenoxy) is 1. The summed E-state index contributed by atoms with van der Waals surface area (Å²) in [5, 5.41) is 6.82. The molecule has 1 heterocycles. The van der Waals surface area contributed by atoms with E-state index in [0.717, 1.165) is 0 Å². The Morgan fingerprint density at radius 2 is 1.88 bits per heavy atom. The molecule has 8 heteroatoms. The van der Waals surface area contributed by atoms with E-state index in [4.69, 9.17) is 4.52 Å². The van der Waals surface area contributed by atoms with Crippen LogP contribution in [0.5, 0.6) is 5.75 Å². The molecule has 0 spiro atoms. The van der Waals surface area contributed by atoms with Gasteiger partial charge in [0.1, 0.15) is 11.6 Å². The number of hydrogen-bond acceptors (Lipinski definition) is 5. The maximum absolute atomic E-state index is 13.6. The third-order valence-electron chi connectivity index (χ3n) is 3.75. The molecule has 5 nitrogen and oxygen atoms in total. The number of aryl methyl sites for hydroxylation is 2. The van der Waals surface area contributed by atoms with Gasteiger partial charge in [0.05, 0.1) is 6.54 Å². The minimum atomic E-state index is -2.89. The highest BCUT2D eigenvalue weighted by molar-refractivity contribution is 5.55. The Labute approximate surface area is 147 Å². The van der Waals surface area contributed by atoms with E-state index in [1.165, 1.54) is 12.1 Å². The molecule has 0 aliphatic carbocycles. The molecule has 1 N–H and O–H groups in total. The van der Waals surface area contributed by atoms with E-state index in [9.17, 15) is 13.2 Å². The van der Waals surface area contributed by atoms with Crippen LogP contribution in [0.2, 0.25) is 0 Å². The molecule has 136 valence electrons. The summed E-state index contributed by atoms with van der Waals surface area (Å²) in [6.07, 6.45) is 0. The third kappa shape index (κ3) is 4.14. The van der Waals surface area contributed by atoms with Crippen LogP contribution in [0.1, 0.15) is 17.0 Å². The van der Waals surface area contributed by atoms with E-state index in [1.807, 2.05) is 0 Å². The highest BCUT2D eigenvalue weighted by Crippen LogP contribution is 2.25. The summed E-state index contributed by atoms with van der Waals surface area (Å²) in [7, 11) is 0. The fourth-order valence-corrected chi connectivity index (χ4v) is 2.29. The molecule has 2 aromatic carbocycles. The van der Waals surface area contributed by atoms with Crippen molar-refractivity contribution in [3.63, 3.8) is 0 Å². The molecular weight excluding hydrogens is 347 g/mol. The highest BCUT2D eigenvalue weighted by atomic mass is 19.3. The second-order valence-electron chi connectivity index (χ2n) is 5.69. The van der Waals surface area contributed by atoms with Crippen LogP contribution in [-0.4, -0.2) is 16.8 Å². The lowest BCUT2D eigenvalue weighted by molar-refractivity contribution is -0.0502. The molecule has 0 saturated carbocycles. The number of aromatic nitrogens is 2. The van der Waals surface area contributed by atoms with Crippen molar-refractivity contribution in [3.8, 4) is 17.1 Å². The third-order valence-corrected chi connectivity index (χ3v) is 3.75. The van der Waals surface area contributed by atoms with Gasteiger partial charge in [0.25, 0.3) is 0 Å². The van der Waals surface area contributed by atoms with Crippen molar-refractivity contribution in [3.05, 3.63) is 59.2 Å². The highest BCUT2D eigenvalue weighted by Gasteiger charge is 2.11. The van der Waals surface area contributed by atoms with E-state index in [1.54, 1.807) is 38.1 Å². The zero-order chi connectivity index (χ0) is 18.7. The van der Waals surface area contributed by atoms with Crippen molar-refractivity contribution in [2.24, 2.45) is 0 Å². The molecule has 3 aromatic rings. The van der Waals surface area contributed by atoms with Crippen molar-refractivity contribution in [1.82, 2.24) is 10.1 Å². The summed E-state index contributed by atoms with van der Waals surface area (Å²) < 4.78 is 48.0. The molecule has 0 fully saturated rings. The monoisotopic (exact) mass is 363 g/mol. The number of hydrogen-bond donors (Lipinski definition) is 1. The summed E-state index contributed by atoms with van der Waals surface area (Å²) in [5.74, 6) is 0.286. The Morgan fingerprint density at radius 3 is 2.62 bits per heavy atom. The molecule has 3 rings (SSSR count). The molecule has 0 unspecified atom stereocenters. The Morgan fingerprint density at radius 1 is 1.12 bits per heavy atom. The molecular formula is C18H16F3N3O2. The van der Waals surface area contributed by atoms with Crippen molar-refractivity contribution >= 4 is 5.69 Å². The zero-order valence-corrected chi connectivity index (χ0v) is 14.1. The van der Waals surface area contributed by atoms with E-state index in [-0.39, 0.29) is 29.8 Å². The molecule has 0 aliphatic heterocycles. The molecule has 26 heavy (non-hydrogen) atoms. The van der Waals surface area contributed by atoms with Crippen LogP contribution in [-0.2, 0) is 6.54 Å². The first-order chi connectivity index (χ1) is 12.4. The van der Waals surface area contributed by atoms with E-state index in [0.29, 0.717) is 22.4 Å². The second-order valence-corrected chi connectivity index (χ2v) is 5.69. The predicted octanol–water partition coefficient (Wildman–Crippen LogP) is 4.71. The number of nitrogens with one attached hydrogen (secondary N) is 1. The minimum absolute atomic E-state index is 0.0892. The van der Waals surface area contributed by atoms with E-state index < -0.39 is 6.61 Å². The normalized spacial score (nSPS) is 11.0. The van der Waals surface area contributed by atoms with Crippen LogP contribution in [0, 0.1) is 19.7 Å². The maximum Gasteiger partial charge on any atom is 0.387 e. The van der Waals surface area contributed by atoms with Crippen molar-refractivity contribution in [1.29, 1.82) is 0 Å². The Balaban J connectivity index is 1.69. The number of rotatable bonds is 6.